The van der Waals surface area contributed by atoms with Gasteiger partial charge in [0, 0.05) is 34.7 Å². The number of rotatable bonds is 13. The molecule has 4 nitrogen and oxygen atoms in total. The Kier molecular flexibility index (Phi) is 13.2. The van der Waals surface area contributed by atoms with Crippen LogP contribution < -0.4 is 31.8 Å². The van der Waals surface area contributed by atoms with E-state index in [4.69, 9.17) is 9.98 Å². The third-order valence-corrected chi connectivity index (χ3v) is 17.6. The lowest BCUT2D eigenvalue weighted by Crippen LogP contribution is -2.23. The molecule has 0 radical (unpaired) electrons. The summed E-state index contributed by atoms with van der Waals surface area (Å²) in [5.41, 5.74) is 4.50. The second-order valence-electron chi connectivity index (χ2n) is 16.9. The van der Waals surface area contributed by atoms with E-state index in [0.717, 1.165) is 32.7 Å². The molecule has 0 bridgehead atoms. The van der Waals surface area contributed by atoms with E-state index < -0.39 is 15.8 Å². The van der Waals surface area contributed by atoms with Gasteiger partial charge in [0.15, 0.2) is 0 Å². The van der Waals surface area contributed by atoms with Crippen molar-refractivity contribution < 1.29 is 10.2 Å². The Labute approximate surface area is 401 Å². The molecule has 10 rings (SSSR count). The predicted molar refractivity (Wildman–Crippen MR) is 293 cm³/mol. The minimum absolute atomic E-state index is 0.0516. The highest BCUT2D eigenvalue weighted by atomic mass is 31.1. The van der Waals surface area contributed by atoms with Crippen molar-refractivity contribution >= 4 is 81.6 Å². The van der Waals surface area contributed by atoms with Gasteiger partial charge in [-0.3, -0.25) is 9.98 Å². The Morgan fingerprint density at radius 3 is 1.01 bits per heavy atom. The molecule has 0 spiro atoms. The summed E-state index contributed by atoms with van der Waals surface area (Å²) in [5, 5.41) is 36.2. The molecule has 0 heterocycles. The molecule has 0 aliphatic heterocycles. The number of aromatic hydroxyl groups is 2. The van der Waals surface area contributed by atoms with Crippen molar-refractivity contribution in [3.05, 3.63) is 253 Å². The van der Waals surface area contributed by atoms with E-state index in [9.17, 15) is 10.2 Å². The lowest BCUT2D eigenvalue weighted by Gasteiger charge is -2.24. The second-order valence-corrected chi connectivity index (χ2v) is 21.2. The number of aliphatic imine (C=N–C) groups is 2. The van der Waals surface area contributed by atoms with Gasteiger partial charge in [-0.25, -0.2) is 0 Å². The van der Waals surface area contributed by atoms with E-state index in [1.165, 1.54) is 31.8 Å². The third kappa shape index (κ3) is 9.02. The summed E-state index contributed by atoms with van der Waals surface area (Å²) in [6.07, 6.45) is 3.59. The molecule has 0 aliphatic rings. The van der Waals surface area contributed by atoms with Gasteiger partial charge in [0.25, 0.3) is 0 Å². The summed E-state index contributed by atoms with van der Waals surface area (Å²) >= 11 is 0. The lowest BCUT2D eigenvalue weighted by molar-refractivity contribution is 0.469. The number of benzene rings is 10. The highest BCUT2D eigenvalue weighted by Gasteiger charge is 2.25. The van der Waals surface area contributed by atoms with E-state index in [1.807, 2.05) is 60.7 Å². The van der Waals surface area contributed by atoms with E-state index >= 15 is 0 Å². The van der Waals surface area contributed by atoms with Gasteiger partial charge in [-0.15, -0.1) is 0 Å². The number of hydrogen-bond donors (Lipinski definition) is 2. The van der Waals surface area contributed by atoms with Gasteiger partial charge in [0.1, 0.15) is 11.5 Å². The summed E-state index contributed by atoms with van der Waals surface area (Å²) in [7, 11) is -1.72. The van der Waals surface area contributed by atoms with Crippen LogP contribution in [0.25, 0.3) is 32.7 Å². The Morgan fingerprint density at radius 1 is 0.368 bits per heavy atom. The molecule has 6 heteroatoms. The number of hydrogen-bond acceptors (Lipinski definition) is 4. The second kappa shape index (κ2) is 20.2. The Balaban J connectivity index is 1.05. The van der Waals surface area contributed by atoms with Crippen LogP contribution in [0, 0.1) is 0 Å². The number of fused-ring (bicyclic) bond motifs is 2. The zero-order chi connectivity index (χ0) is 46.4. The topological polar surface area (TPSA) is 65.2 Å². The maximum absolute atomic E-state index is 12.5. The molecule has 0 fully saturated rings. The molecular formula is C62H50N2O2P2. The van der Waals surface area contributed by atoms with Crippen LogP contribution in [-0.4, -0.2) is 22.6 Å². The molecule has 0 aliphatic carbocycles. The summed E-state index contributed by atoms with van der Waals surface area (Å²) < 4.78 is 0. The summed E-state index contributed by atoms with van der Waals surface area (Å²) in [5.74, 6) is 0.103. The van der Waals surface area contributed by atoms with E-state index in [1.54, 1.807) is 12.4 Å². The zero-order valence-corrected chi connectivity index (χ0v) is 39.7. The van der Waals surface area contributed by atoms with Gasteiger partial charge in [0.05, 0.1) is 12.1 Å². The Hall–Kier alpha value is -7.48. The average molecular weight is 917 g/mol. The van der Waals surface area contributed by atoms with Gasteiger partial charge in [-0.1, -0.05) is 218 Å². The maximum atomic E-state index is 12.5. The molecule has 10 aromatic carbocycles. The first-order valence-corrected chi connectivity index (χ1v) is 25.7. The van der Waals surface area contributed by atoms with Gasteiger partial charge in [-0.2, -0.15) is 0 Å². The number of phenolic OH excluding ortho intramolecular Hbond substituents is 2. The van der Waals surface area contributed by atoms with Crippen molar-refractivity contribution in [2.75, 3.05) is 0 Å². The zero-order valence-electron chi connectivity index (χ0n) is 37.9. The summed E-state index contributed by atoms with van der Waals surface area (Å²) in [4.78, 5) is 10.4. The molecule has 2 unspecified atom stereocenters. The summed E-state index contributed by atoms with van der Waals surface area (Å²) in [6.45, 7) is 4.23. The maximum Gasteiger partial charge on any atom is 0.132 e. The van der Waals surface area contributed by atoms with Gasteiger partial charge >= 0.3 is 0 Å². The SMILES string of the molecule is CC(N=Cc1cc2ccccc2c(-c2c(O)c(C=NC(C)c3ccccc3P(c3ccccc3)c3ccccc3)cc3ccccc23)c1O)c1ccccc1P(c1ccccc1)c1ccccc1. The van der Waals surface area contributed by atoms with Crippen LogP contribution in [0.4, 0.5) is 0 Å². The van der Waals surface area contributed by atoms with Crippen molar-refractivity contribution in [1.29, 1.82) is 0 Å². The highest BCUT2D eigenvalue weighted by Crippen LogP contribution is 2.47. The molecular weight excluding hydrogens is 867 g/mol. The van der Waals surface area contributed by atoms with Crippen molar-refractivity contribution in [3.63, 3.8) is 0 Å². The molecule has 0 saturated carbocycles. The van der Waals surface area contributed by atoms with Crippen LogP contribution in [0.2, 0.25) is 0 Å². The van der Waals surface area contributed by atoms with E-state index in [0.29, 0.717) is 22.3 Å². The predicted octanol–water partition coefficient (Wildman–Crippen LogP) is 12.9. The van der Waals surface area contributed by atoms with E-state index in [2.05, 4.69) is 184 Å². The largest absolute Gasteiger partial charge is 0.507 e. The van der Waals surface area contributed by atoms with Crippen LogP contribution in [0.1, 0.15) is 48.2 Å². The average Bonchev–Trinajstić information content (AvgIpc) is 3.39. The normalized spacial score (nSPS) is 12.7. The highest BCUT2D eigenvalue weighted by molar-refractivity contribution is 7.80. The van der Waals surface area contributed by atoms with Crippen LogP contribution in [0.15, 0.2) is 241 Å². The Morgan fingerprint density at radius 2 is 0.662 bits per heavy atom. The quantitative estimate of drug-likeness (QED) is 0.0894. The number of phenols is 2. The van der Waals surface area contributed by atoms with Crippen molar-refractivity contribution in [2.45, 2.75) is 25.9 Å². The van der Waals surface area contributed by atoms with Crippen LogP contribution >= 0.6 is 15.8 Å². The van der Waals surface area contributed by atoms with Gasteiger partial charge < -0.3 is 10.2 Å². The van der Waals surface area contributed by atoms with Crippen molar-refractivity contribution in [1.82, 2.24) is 0 Å². The Bertz CT molecular complexity index is 3110. The first kappa shape index (κ1) is 44.4. The monoisotopic (exact) mass is 916 g/mol. The first-order chi connectivity index (χ1) is 33.4. The van der Waals surface area contributed by atoms with Crippen LogP contribution in [0.5, 0.6) is 11.5 Å². The number of nitrogens with zero attached hydrogens (tertiary/aromatic N) is 2. The molecule has 2 atom stereocenters. The van der Waals surface area contributed by atoms with E-state index in [-0.39, 0.29) is 23.6 Å². The lowest BCUT2D eigenvalue weighted by atomic mass is 9.89. The fourth-order valence-electron chi connectivity index (χ4n) is 9.22. The van der Waals surface area contributed by atoms with Gasteiger partial charge in [0.2, 0.25) is 0 Å². The smallest absolute Gasteiger partial charge is 0.132 e. The molecule has 10 aromatic rings. The standard InChI is InChI=1S/C62H50N2O2P2/c1-43(53-33-19-21-37-57(53)67(49-25-7-3-8-26-49)50-27-9-4-10-28-50)63-41-47-39-45-23-15-17-35-55(45)59(61(47)65)60-56-36-18-16-24-46(56)40-48(62(60)66)42-64-44(2)54-34-20-22-38-58(54)68(51-29-11-5-12-30-51)52-31-13-6-14-32-52/h3-44,65-66H,1-2H3. The minimum Gasteiger partial charge on any atom is -0.507 e. The fraction of sp³-hybridized carbons (Fsp3) is 0.0645. The molecule has 0 aromatic heterocycles. The van der Waals surface area contributed by atoms with Crippen molar-refractivity contribution in [3.8, 4) is 22.6 Å². The van der Waals surface area contributed by atoms with Crippen LogP contribution in [-0.2, 0) is 0 Å². The van der Waals surface area contributed by atoms with Crippen LogP contribution in [0.3, 0.4) is 0 Å². The van der Waals surface area contributed by atoms with Gasteiger partial charge in [-0.05, 0) is 106 Å². The van der Waals surface area contributed by atoms with Crippen molar-refractivity contribution in [2.24, 2.45) is 9.98 Å². The fourth-order valence-corrected chi connectivity index (χ4v) is 14.3. The minimum atomic E-state index is -0.860. The summed E-state index contributed by atoms with van der Waals surface area (Å²) in [6, 6.07) is 79.6. The third-order valence-electron chi connectivity index (χ3n) is 12.5. The first-order valence-electron chi connectivity index (χ1n) is 23.0. The molecule has 330 valence electrons. The molecule has 0 amide bonds. The molecule has 68 heavy (non-hydrogen) atoms. The molecule has 0 saturated heterocycles. The molecule has 2 N–H and O–H groups in total.